The van der Waals surface area contributed by atoms with Crippen LogP contribution >= 0.6 is 11.6 Å². The highest BCUT2D eigenvalue weighted by Crippen LogP contribution is 2.29. The van der Waals surface area contributed by atoms with Gasteiger partial charge in [-0.1, -0.05) is 11.6 Å². The molecule has 0 atom stereocenters. The van der Waals surface area contributed by atoms with E-state index in [4.69, 9.17) is 16.3 Å². The molecule has 120 valence electrons. The first kappa shape index (κ1) is 15.4. The van der Waals surface area contributed by atoms with Gasteiger partial charge in [0.2, 0.25) is 0 Å². The number of aromatic amines is 2. The number of sulfonamides is 1. The van der Waals surface area contributed by atoms with E-state index in [9.17, 15) is 13.2 Å². The number of nitrogens with one attached hydrogen (secondary N) is 3. The van der Waals surface area contributed by atoms with Crippen molar-refractivity contribution in [2.45, 2.75) is 4.90 Å². The van der Waals surface area contributed by atoms with Gasteiger partial charge in [0, 0.05) is 5.02 Å². The van der Waals surface area contributed by atoms with Gasteiger partial charge >= 0.3 is 5.69 Å². The summed E-state index contributed by atoms with van der Waals surface area (Å²) in [6.45, 7) is 0. The largest absolute Gasteiger partial charge is 0.495 e. The Bertz CT molecular complexity index is 1040. The number of methoxy groups -OCH3 is 1. The number of benzene rings is 2. The minimum Gasteiger partial charge on any atom is -0.495 e. The zero-order chi connectivity index (χ0) is 16.6. The van der Waals surface area contributed by atoms with E-state index in [0.717, 1.165) is 0 Å². The maximum Gasteiger partial charge on any atom is 0.323 e. The Labute approximate surface area is 136 Å². The Balaban J connectivity index is 2.02. The molecule has 2 aromatic carbocycles. The zero-order valence-electron chi connectivity index (χ0n) is 11.9. The molecule has 3 N–H and O–H groups in total. The molecule has 0 unspecified atom stereocenters. The topological polar surface area (TPSA) is 104 Å². The molecule has 0 saturated carbocycles. The fourth-order valence-corrected chi connectivity index (χ4v) is 3.65. The molecule has 0 aliphatic heterocycles. The maximum absolute atomic E-state index is 12.5. The Kier molecular flexibility index (Phi) is 3.78. The molecule has 3 aromatic rings. The fraction of sp³-hybridized carbons (Fsp3) is 0.0714. The van der Waals surface area contributed by atoms with Gasteiger partial charge in [0.1, 0.15) is 10.6 Å². The van der Waals surface area contributed by atoms with Crippen LogP contribution in [0.25, 0.3) is 11.0 Å². The van der Waals surface area contributed by atoms with Crippen LogP contribution in [0.4, 0.5) is 5.69 Å². The molecule has 23 heavy (non-hydrogen) atoms. The standard InChI is InChI=1S/C14H12ClN3O4S/c1-22-12-5-2-8(15)6-13(12)23(20,21)18-9-3-4-10-11(7-9)17-14(19)16-10/h2-7,18H,1H3,(H2,16,17,19). The Morgan fingerprint density at radius 1 is 1.09 bits per heavy atom. The number of hydrogen-bond acceptors (Lipinski definition) is 4. The zero-order valence-corrected chi connectivity index (χ0v) is 13.5. The minimum atomic E-state index is -3.90. The van der Waals surface area contributed by atoms with Gasteiger partial charge < -0.3 is 14.7 Å². The van der Waals surface area contributed by atoms with Crippen LogP contribution in [0.3, 0.4) is 0 Å². The molecule has 0 radical (unpaired) electrons. The van der Waals surface area contributed by atoms with Crippen LogP contribution in [0.5, 0.6) is 5.75 Å². The highest BCUT2D eigenvalue weighted by Gasteiger charge is 2.20. The van der Waals surface area contributed by atoms with Crippen LogP contribution in [0.15, 0.2) is 46.1 Å². The summed E-state index contributed by atoms with van der Waals surface area (Å²) < 4.78 is 32.6. The number of ether oxygens (including phenoxy) is 1. The monoisotopic (exact) mass is 353 g/mol. The minimum absolute atomic E-state index is 0.0739. The molecule has 7 nitrogen and oxygen atoms in total. The molecule has 1 aromatic heterocycles. The molecule has 0 bridgehead atoms. The predicted octanol–water partition coefficient (Wildman–Crippen LogP) is 2.32. The molecule has 9 heteroatoms. The maximum atomic E-state index is 12.5. The normalized spacial score (nSPS) is 11.6. The van der Waals surface area contributed by atoms with Crippen molar-refractivity contribution in [1.29, 1.82) is 0 Å². The number of anilines is 1. The van der Waals surface area contributed by atoms with E-state index in [-0.39, 0.29) is 21.4 Å². The smallest absolute Gasteiger partial charge is 0.323 e. The molecular weight excluding hydrogens is 342 g/mol. The Hall–Kier alpha value is -2.45. The van der Waals surface area contributed by atoms with Crippen LogP contribution < -0.4 is 15.1 Å². The number of hydrogen-bond donors (Lipinski definition) is 3. The average Bonchev–Trinajstić information content (AvgIpc) is 2.86. The summed E-state index contributed by atoms with van der Waals surface area (Å²) in [7, 11) is -2.53. The summed E-state index contributed by atoms with van der Waals surface area (Å²) in [4.78, 5) is 16.3. The molecular formula is C14H12ClN3O4S. The van der Waals surface area contributed by atoms with Gasteiger partial charge in [0.25, 0.3) is 10.0 Å². The van der Waals surface area contributed by atoms with Gasteiger partial charge in [0.05, 0.1) is 23.8 Å². The number of aromatic nitrogens is 2. The third kappa shape index (κ3) is 3.03. The number of fused-ring (bicyclic) bond motifs is 1. The van der Waals surface area contributed by atoms with Gasteiger partial charge in [-0.2, -0.15) is 0 Å². The summed E-state index contributed by atoms with van der Waals surface area (Å²) in [6.07, 6.45) is 0. The summed E-state index contributed by atoms with van der Waals surface area (Å²) in [5.41, 5.74) is 1.01. The van der Waals surface area contributed by atoms with Crippen molar-refractivity contribution in [3.63, 3.8) is 0 Å². The second kappa shape index (κ2) is 5.64. The molecule has 0 amide bonds. The lowest BCUT2D eigenvalue weighted by Crippen LogP contribution is -2.14. The third-order valence-electron chi connectivity index (χ3n) is 3.18. The van der Waals surface area contributed by atoms with E-state index in [1.807, 2.05) is 0 Å². The van der Waals surface area contributed by atoms with Gasteiger partial charge in [-0.05, 0) is 36.4 Å². The van der Waals surface area contributed by atoms with Gasteiger partial charge in [-0.15, -0.1) is 0 Å². The van der Waals surface area contributed by atoms with E-state index in [1.165, 1.54) is 31.4 Å². The SMILES string of the molecule is COc1ccc(Cl)cc1S(=O)(=O)Nc1ccc2[nH]c(=O)[nH]c2c1. The Morgan fingerprint density at radius 3 is 2.57 bits per heavy atom. The van der Waals surface area contributed by atoms with Crippen molar-refractivity contribution in [2.24, 2.45) is 0 Å². The first-order chi connectivity index (χ1) is 10.9. The van der Waals surface area contributed by atoms with Gasteiger partial charge in [-0.25, -0.2) is 13.2 Å². The molecule has 0 spiro atoms. The lowest BCUT2D eigenvalue weighted by molar-refractivity contribution is 0.403. The van der Waals surface area contributed by atoms with Crippen molar-refractivity contribution in [2.75, 3.05) is 11.8 Å². The lowest BCUT2D eigenvalue weighted by Gasteiger charge is -2.12. The third-order valence-corrected chi connectivity index (χ3v) is 4.82. The van der Waals surface area contributed by atoms with Crippen molar-refractivity contribution < 1.29 is 13.2 Å². The molecule has 0 aliphatic carbocycles. The summed E-state index contributed by atoms with van der Waals surface area (Å²) in [5, 5.41) is 0.275. The van der Waals surface area contributed by atoms with Crippen molar-refractivity contribution in [3.8, 4) is 5.75 Å². The highest BCUT2D eigenvalue weighted by atomic mass is 35.5. The van der Waals surface area contributed by atoms with E-state index in [1.54, 1.807) is 12.1 Å². The highest BCUT2D eigenvalue weighted by molar-refractivity contribution is 7.92. The van der Waals surface area contributed by atoms with E-state index < -0.39 is 10.0 Å². The molecule has 0 aliphatic rings. The van der Waals surface area contributed by atoms with Crippen LogP contribution in [0.1, 0.15) is 0 Å². The quantitative estimate of drug-likeness (QED) is 0.669. The second-order valence-electron chi connectivity index (χ2n) is 4.74. The van der Waals surface area contributed by atoms with Crippen molar-refractivity contribution >= 4 is 38.3 Å². The first-order valence-corrected chi connectivity index (χ1v) is 8.33. The molecule has 0 fully saturated rings. The number of halogens is 1. The summed E-state index contributed by atoms with van der Waals surface area (Å²) >= 11 is 5.87. The molecule has 0 saturated heterocycles. The summed E-state index contributed by atoms with van der Waals surface area (Å²) in [6, 6.07) is 8.97. The van der Waals surface area contributed by atoms with Crippen LogP contribution in [-0.4, -0.2) is 25.5 Å². The van der Waals surface area contributed by atoms with Gasteiger partial charge in [-0.3, -0.25) is 4.72 Å². The molecule has 1 heterocycles. The number of imidazole rings is 1. The first-order valence-electron chi connectivity index (χ1n) is 6.47. The Morgan fingerprint density at radius 2 is 1.83 bits per heavy atom. The van der Waals surface area contributed by atoms with Crippen LogP contribution in [0, 0.1) is 0 Å². The van der Waals surface area contributed by atoms with Crippen molar-refractivity contribution in [3.05, 3.63) is 51.9 Å². The van der Waals surface area contributed by atoms with E-state index in [0.29, 0.717) is 16.7 Å². The van der Waals surface area contributed by atoms with Crippen LogP contribution in [-0.2, 0) is 10.0 Å². The number of rotatable bonds is 4. The van der Waals surface area contributed by atoms with Crippen molar-refractivity contribution in [1.82, 2.24) is 9.97 Å². The average molecular weight is 354 g/mol. The predicted molar refractivity (Wildman–Crippen MR) is 87.7 cm³/mol. The lowest BCUT2D eigenvalue weighted by atomic mass is 10.3. The second-order valence-corrected chi connectivity index (χ2v) is 6.83. The fourth-order valence-electron chi connectivity index (χ4n) is 2.17. The van der Waals surface area contributed by atoms with Crippen LogP contribution in [0.2, 0.25) is 5.02 Å². The van der Waals surface area contributed by atoms with Gasteiger partial charge in [0.15, 0.2) is 0 Å². The molecule has 3 rings (SSSR count). The summed E-state index contributed by atoms with van der Waals surface area (Å²) in [5.74, 6) is 0.179. The number of H-pyrrole nitrogens is 2. The van der Waals surface area contributed by atoms with E-state index >= 15 is 0 Å². The van der Waals surface area contributed by atoms with E-state index in [2.05, 4.69) is 14.7 Å².